The van der Waals surface area contributed by atoms with Crippen molar-refractivity contribution in [3.8, 4) is 0 Å². The second-order valence-corrected chi connectivity index (χ2v) is 3.08. The Morgan fingerprint density at radius 3 is 2.27 bits per heavy atom. The highest BCUT2D eigenvalue weighted by molar-refractivity contribution is 5.41. The van der Waals surface area contributed by atoms with Gasteiger partial charge in [-0.25, -0.2) is 0 Å². The van der Waals surface area contributed by atoms with Crippen molar-refractivity contribution in [1.82, 2.24) is 0 Å². The first-order valence-electron chi connectivity index (χ1n) is 4.73. The fraction of sp³-hybridized carbons (Fsp3) is 0.636. The topological polar surface area (TPSA) is 0 Å². The van der Waals surface area contributed by atoms with Crippen molar-refractivity contribution in [3.63, 3.8) is 0 Å². The molecule has 0 fully saturated rings. The summed E-state index contributed by atoms with van der Waals surface area (Å²) >= 11 is 0. The van der Waals surface area contributed by atoms with Gasteiger partial charge in [-0.05, 0) is 36.8 Å². The lowest BCUT2D eigenvalue weighted by atomic mass is 10.0. The van der Waals surface area contributed by atoms with Gasteiger partial charge in [0.2, 0.25) is 0 Å². The van der Waals surface area contributed by atoms with E-state index in [1.54, 1.807) is 16.7 Å². The van der Waals surface area contributed by atoms with Gasteiger partial charge in [-0.2, -0.15) is 0 Å². The first kappa shape index (κ1) is 8.58. The van der Waals surface area contributed by atoms with Crippen molar-refractivity contribution in [1.29, 1.82) is 0 Å². The Kier molecular flexibility index (Phi) is 2.92. The summed E-state index contributed by atoms with van der Waals surface area (Å²) in [6.07, 6.45) is 7.30. The van der Waals surface area contributed by atoms with Crippen LogP contribution in [0.4, 0.5) is 0 Å². The summed E-state index contributed by atoms with van der Waals surface area (Å²) in [7, 11) is 0. The molecule has 0 aromatic carbocycles. The highest BCUT2D eigenvalue weighted by Gasteiger charge is 2.12. The molecule has 0 aromatic heterocycles. The summed E-state index contributed by atoms with van der Waals surface area (Å²) in [6, 6.07) is 0. The van der Waals surface area contributed by atoms with Gasteiger partial charge in [0.05, 0.1) is 0 Å². The molecular weight excluding hydrogens is 132 g/mol. The number of hydrogen-bond donors (Lipinski definition) is 0. The predicted octanol–water partition coefficient (Wildman–Crippen LogP) is 3.84. The van der Waals surface area contributed by atoms with E-state index in [2.05, 4.69) is 26.8 Å². The summed E-state index contributed by atoms with van der Waals surface area (Å²) in [6.45, 7) is 6.78. The minimum atomic E-state index is 1.21. The third-order valence-electron chi connectivity index (χ3n) is 2.57. The van der Waals surface area contributed by atoms with E-state index in [0.717, 1.165) is 0 Å². The SMILES string of the molecule is CCC1=CCC(CC)=C1CC. The van der Waals surface area contributed by atoms with Gasteiger partial charge in [0.15, 0.2) is 0 Å². The minimum Gasteiger partial charge on any atom is -0.0770 e. The lowest BCUT2D eigenvalue weighted by molar-refractivity contribution is 0.974. The molecule has 0 spiro atoms. The molecule has 1 aliphatic rings. The van der Waals surface area contributed by atoms with Crippen molar-refractivity contribution in [2.45, 2.75) is 46.5 Å². The number of rotatable bonds is 3. The van der Waals surface area contributed by atoms with Crippen LogP contribution in [0.2, 0.25) is 0 Å². The first-order valence-corrected chi connectivity index (χ1v) is 4.73. The third-order valence-corrected chi connectivity index (χ3v) is 2.57. The maximum absolute atomic E-state index is 2.40. The van der Waals surface area contributed by atoms with Gasteiger partial charge in [-0.15, -0.1) is 0 Å². The van der Waals surface area contributed by atoms with Crippen LogP contribution < -0.4 is 0 Å². The van der Waals surface area contributed by atoms with Gasteiger partial charge >= 0.3 is 0 Å². The molecule has 0 heteroatoms. The molecule has 0 radical (unpaired) electrons. The summed E-state index contributed by atoms with van der Waals surface area (Å²) in [4.78, 5) is 0. The molecular formula is C11H18. The Morgan fingerprint density at radius 1 is 1.09 bits per heavy atom. The first-order chi connectivity index (χ1) is 5.33. The van der Waals surface area contributed by atoms with Crippen LogP contribution in [0.25, 0.3) is 0 Å². The van der Waals surface area contributed by atoms with Crippen LogP contribution in [0.15, 0.2) is 22.8 Å². The molecule has 11 heavy (non-hydrogen) atoms. The monoisotopic (exact) mass is 150 g/mol. The van der Waals surface area contributed by atoms with Crippen molar-refractivity contribution in [3.05, 3.63) is 22.8 Å². The van der Waals surface area contributed by atoms with E-state index >= 15 is 0 Å². The third kappa shape index (κ3) is 1.55. The Balaban J connectivity index is 2.80. The Hall–Kier alpha value is -0.520. The lowest BCUT2D eigenvalue weighted by Crippen LogP contribution is -1.86. The Morgan fingerprint density at radius 2 is 1.82 bits per heavy atom. The van der Waals surface area contributed by atoms with Gasteiger partial charge in [0, 0.05) is 0 Å². The Bertz CT molecular complexity index is 194. The zero-order valence-electron chi connectivity index (χ0n) is 7.91. The van der Waals surface area contributed by atoms with E-state index < -0.39 is 0 Å². The average Bonchev–Trinajstić information content (AvgIpc) is 2.45. The second kappa shape index (κ2) is 3.75. The van der Waals surface area contributed by atoms with Crippen LogP contribution in [0.3, 0.4) is 0 Å². The summed E-state index contributed by atoms with van der Waals surface area (Å²) < 4.78 is 0. The molecule has 0 N–H and O–H groups in total. The maximum Gasteiger partial charge on any atom is -0.0127 e. The molecule has 0 saturated heterocycles. The molecule has 0 bridgehead atoms. The van der Waals surface area contributed by atoms with Crippen molar-refractivity contribution < 1.29 is 0 Å². The summed E-state index contributed by atoms with van der Waals surface area (Å²) in [5, 5.41) is 0. The lowest BCUT2D eigenvalue weighted by Gasteiger charge is -2.05. The molecule has 0 nitrogen and oxygen atoms in total. The summed E-state index contributed by atoms with van der Waals surface area (Å²) in [5.74, 6) is 0. The van der Waals surface area contributed by atoms with Crippen molar-refractivity contribution in [2.24, 2.45) is 0 Å². The molecule has 0 saturated carbocycles. The van der Waals surface area contributed by atoms with Crippen molar-refractivity contribution >= 4 is 0 Å². The van der Waals surface area contributed by atoms with Gasteiger partial charge < -0.3 is 0 Å². The standard InChI is InChI=1S/C11H18/c1-4-9-7-8-10(5-2)11(9)6-3/h7H,4-6,8H2,1-3H3. The van der Waals surface area contributed by atoms with Crippen LogP contribution in [0.1, 0.15) is 46.5 Å². The van der Waals surface area contributed by atoms with E-state index in [0.29, 0.717) is 0 Å². The fourth-order valence-corrected chi connectivity index (χ4v) is 1.91. The number of allylic oxidation sites excluding steroid dienone is 4. The molecule has 62 valence electrons. The minimum absolute atomic E-state index is 1.21. The normalized spacial score (nSPS) is 17.5. The van der Waals surface area contributed by atoms with E-state index in [1.807, 2.05) is 0 Å². The fourth-order valence-electron chi connectivity index (χ4n) is 1.91. The average molecular weight is 150 g/mol. The smallest absolute Gasteiger partial charge is 0.0127 e. The summed E-state index contributed by atoms with van der Waals surface area (Å²) in [5.41, 5.74) is 4.92. The molecule has 0 heterocycles. The zero-order chi connectivity index (χ0) is 8.27. The van der Waals surface area contributed by atoms with Crippen LogP contribution in [-0.2, 0) is 0 Å². The van der Waals surface area contributed by atoms with Crippen LogP contribution in [0, 0.1) is 0 Å². The largest absolute Gasteiger partial charge is 0.0770 e. The molecule has 0 atom stereocenters. The Labute approximate surface area is 70.0 Å². The van der Waals surface area contributed by atoms with Crippen molar-refractivity contribution in [2.75, 3.05) is 0 Å². The quantitative estimate of drug-likeness (QED) is 0.573. The van der Waals surface area contributed by atoms with E-state index in [-0.39, 0.29) is 0 Å². The second-order valence-electron chi connectivity index (χ2n) is 3.08. The highest BCUT2D eigenvalue weighted by Crippen LogP contribution is 2.31. The highest BCUT2D eigenvalue weighted by atomic mass is 14.2. The van der Waals surface area contributed by atoms with Crippen LogP contribution in [-0.4, -0.2) is 0 Å². The van der Waals surface area contributed by atoms with E-state index in [1.165, 1.54) is 25.7 Å². The van der Waals surface area contributed by atoms with E-state index in [9.17, 15) is 0 Å². The molecule has 1 rings (SSSR count). The molecule has 0 aliphatic heterocycles. The van der Waals surface area contributed by atoms with Gasteiger partial charge in [0.25, 0.3) is 0 Å². The molecule has 1 aliphatic carbocycles. The van der Waals surface area contributed by atoms with Crippen LogP contribution in [0.5, 0.6) is 0 Å². The van der Waals surface area contributed by atoms with E-state index in [4.69, 9.17) is 0 Å². The predicted molar refractivity (Wildman–Crippen MR) is 50.6 cm³/mol. The maximum atomic E-state index is 2.40. The van der Waals surface area contributed by atoms with Crippen LogP contribution >= 0.6 is 0 Å². The van der Waals surface area contributed by atoms with Gasteiger partial charge in [-0.1, -0.05) is 32.4 Å². The zero-order valence-corrected chi connectivity index (χ0v) is 7.91. The molecule has 0 amide bonds. The number of hydrogen-bond acceptors (Lipinski definition) is 0. The van der Waals surface area contributed by atoms with Gasteiger partial charge in [0.1, 0.15) is 0 Å². The molecule has 0 unspecified atom stereocenters. The van der Waals surface area contributed by atoms with Gasteiger partial charge in [-0.3, -0.25) is 0 Å². The molecule has 0 aromatic rings.